The first kappa shape index (κ1) is 15.5. The van der Waals surface area contributed by atoms with Crippen LogP contribution < -0.4 is 0 Å². The van der Waals surface area contributed by atoms with Gasteiger partial charge in [-0.25, -0.2) is 0 Å². The Morgan fingerprint density at radius 3 is 2.29 bits per heavy atom. The van der Waals surface area contributed by atoms with Crippen molar-refractivity contribution in [1.29, 1.82) is 5.26 Å². The van der Waals surface area contributed by atoms with Crippen molar-refractivity contribution in [3.63, 3.8) is 0 Å². The second-order valence-electron chi connectivity index (χ2n) is 5.28. The lowest BCUT2D eigenvalue weighted by Crippen LogP contribution is -2.08. The Bertz CT molecular complexity index is 653. The maximum absolute atomic E-state index is 12.7. The molecule has 0 heterocycles. The summed E-state index contributed by atoms with van der Waals surface area (Å²) < 4.78 is 12.7. The quantitative estimate of drug-likeness (QED) is 0.829. The molecule has 0 spiro atoms. The lowest BCUT2D eigenvalue weighted by molar-refractivity contribution is 0.672. The van der Waals surface area contributed by atoms with Gasteiger partial charge < -0.3 is 0 Å². The predicted molar refractivity (Wildman–Crippen MR) is 87.2 cm³/mol. The van der Waals surface area contributed by atoms with E-state index < -0.39 is 10.8 Å². The number of nitriles is 1. The van der Waals surface area contributed by atoms with Crippen molar-refractivity contribution < 1.29 is 4.21 Å². The second-order valence-corrected chi connectivity index (χ2v) is 6.90. The van der Waals surface area contributed by atoms with E-state index in [1.807, 2.05) is 44.2 Å². The van der Waals surface area contributed by atoms with E-state index in [1.54, 1.807) is 0 Å². The molecule has 0 aliphatic rings. The molecule has 3 heteroatoms. The number of benzene rings is 2. The molecule has 108 valence electrons. The molecule has 2 nitrogen and oxygen atoms in total. The lowest BCUT2D eigenvalue weighted by Gasteiger charge is -2.14. The summed E-state index contributed by atoms with van der Waals surface area (Å²) in [5.74, 6) is 0.490. The van der Waals surface area contributed by atoms with E-state index in [1.165, 1.54) is 11.1 Å². The largest absolute Gasteiger partial charge is 0.259 e. The van der Waals surface area contributed by atoms with Gasteiger partial charge in [-0.1, -0.05) is 59.7 Å². The first-order valence-corrected chi connectivity index (χ1v) is 8.34. The average Bonchev–Trinajstić information content (AvgIpc) is 2.44. The van der Waals surface area contributed by atoms with Gasteiger partial charge in [-0.2, -0.15) is 5.26 Å². The Kier molecular flexibility index (Phi) is 5.30. The molecular formula is C18H19NOS. The third kappa shape index (κ3) is 4.27. The fourth-order valence-electron chi connectivity index (χ4n) is 2.53. The fourth-order valence-corrected chi connectivity index (χ4v) is 3.95. The van der Waals surface area contributed by atoms with Gasteiger partial charge in [0, 0.05) is 16.6 Å². The number of nitrogens with zero attached hydrogens (tertiary/aromatic N) is 1. The van der Waals surface area contributed by atoms with Gasteiger partial charge in [0.1, 0.15) is 0 Å². The van der Waals surface area contributed by atoms with Crippen LogP contribution in [0.4, 0.5) is 0 Å². The highest BCUT2D eigenvalue weighted by molar-refractivity contribution is 7.84. The molecule has 2 unspecified atom stereocenters. The molecule has 0 aliphatic heterocycles. The molecule has 0 bridgehead atoms. The van der Waals surface area contributed by atoms with Gasteiger partial charge in [-0.15, -0.1) is 0 Å². The lowest BCUT2D eigenvalue weighted by atomic mass is 10.1. The normalized spacial score (nSPS) is 13.4. The van der Waals surface area contributed by atoms with E-state index in [0.29, 0.717) is 5.75 Å². The summed E-state index contributed by atoms with van der Waals surface area (Å²) in [4.78, 5) is 0. The van der Waals surface area contributed by atoms with Gasteiger partial charge in [-0.3, -0.25) is 4.21 Å². The van der Waals surface area contributed by atoms with Crippen molar-refractivity contribution >= 4 is 10.8 Å². The van der Waals surface area contributed by atoms with Crippen LogP contribution in [-0.2, 0) is 16.6 Å². The first-order chi connectivity index (χ1) is 10.1. The molecule has 0 amide bonds. The minimum atomic E-state index is -1.10. The molecule has 21 heavy (non-hydrogen) atoms. The molecule has 2 aromatic carbocycles. The van der Waals surface area contributed by atoms with Gasteiger partial charge >= 0.3 is 0 Å². The predicted octanol–water partition coefficient (Wildman–Crippen LogP) is 4.21. The zero-order chi connectivity index (χ0) is 15.2. The Morgan fingerprint density at radius 1 is 1.10 bits per heavy atom. The van der Waals surface area contributed by atoms with Crippen LogP contribution in [0, 0.1) is 25.2 Å². The molecule has 2 atom stereocenters. The Balaban J connectivity index is 2.21. The van der Waals surface area contributed by atoms with E-state index in [2.05, 4.69) is 24.3 Å². The van der Waals surface area contributed by atoms with Crippen molar-refractivity contribution in [2.75, 3.05) is 0 Å². The van der Waals surface area contributed by atoms with Gasteiger partial charge in [0.05, 0.1) is 17.7 Å². The number of rotatable bonds is 5. The Morgan fingerprint density at radius 2 is 1.71 bits per heavy atom. The molecule has 0 aliphatic carbocycles. The minimum Gasteiger partial charge on any atom is -0.259 e. The van der Waals surface area contributed by atoms with E-state index in [9.17, 15) is 4.21 Å². The van der Waals surface area contributed by atoms with Gasteiger partial charge in [0.2, 0.25) is 0 Å². The zero-order valence-electron chi connectivity index (χ0n) is 12.4. The van der Waals surface area contributed by atoms with Crippen LogP contribution in [0.3, 0.4) is 0 Å². The number of aryl methyl sites for hydroxylation is 2. The summed E-state index contributed by atoms with van der Waals surface area (Å²) in [5, 5.41) is 8.79. The second kappa shape index (κ2) is 7.19. The molecule has 0 N–H and O–H groups in total. The molecule has 0 fully saturated rings. The van der Waals surface area contributed by atoms with Crippen molar-refractivity contribution in [3.05, 3.63) is 70.8 Å². The smallest absolute Gasteiger partial charge is 0.0730 e. The molecule has 0 saturated carbocycles. The Labute approximate surface area is 128 Å². The third-order valence-electron chi connectivity index (χ3n) is 3.36. The van der Waals surface area contributed by atoms with Crippen molar-refractivity contribution in [1.82, 2.24) is 0 Å². The van der Waals surface area contributed by atoms with E-state index in [-0.39, 0.29) is 11.7 Å². The highest BCUT2D eigenvalue weighted by Gasteiger charge is 2.19. The SMILES string of the molecule is Cc1cc(C)cc(CS(=O)C(CC#N)c2ccccc2)c1. The van der Waals surface area contributed by atoms with Crippen LogP contribution >= 0.6 is 0 Å². The highest BCUT2D eigenvalue weighted by Crippen LogP contribution is 2.26. The minimum absolute atomic E-state index is 0.225. The first-order valence-electron chi connectivity index (χ1n) is 6.96. The fraction of sp³-hybridized carbons (Fsp3) is 0.278. The van der Waals surface area contributed by atoms with Crippen molar-refractivity contribution in [2.45, 2.75) is 31.3 Å². The summed E-state index contributed by atoms with van der Waals surface area (Å²) in [6.07, 6.45) is 0.279. The zero-order valence-corrected chi connectivity index (χ0v) is 13.2. The van der Waals surface area contributed by atoms with Crippen LogP contribution in [0.15, 0.2) is 48.5 Å². The number of hydrogen-bond acceptors (Lipinski definition) is 2. The molecular weight excluding hydrogens is 278 g/mol. The maximum Gasteiger partial charge on any atom is 0.0730 e. The summed E-state index contributed by atoms with van der Waals surface area (Å²) >= 11 is 0. The highest BCUT2D eigenvalue weighted by atomic mass is 32.2. The summed E-state index contributed by atoms with van der Waals surface area (Å²) in [6, 6.07) is 18.1. The van der Waals surface area contributed by atoms with Crippen molar-refractivity contribution in [2.24, 2.45) is 0 Å². The average molecular weight is 297 g/mol. The van der Waals surface area contributed by atoms with E-state index in [0.717, 1.165) is 11.1 Å². The molecule has 0 aromatic heterocycles. The van der Waals surface area contributed by atoms with Crippen LogP contribution in [0.25, 0.3) is 0 Å². The molecule has 2 rings (SSSR count). The van der Waals surface area contributed by atoms with E-state index in [4.69, 9.17) is 5.26 Å². The number of hydrogen-bond donors (Lipinski definition) is 0. The van der Waals surface area contributed by atoms with Crippen LogP contribution in [0.1, 0.15) is 33.9 Å². The van der Waals surface area contributed by atoms with Crippen LogP contribution in [-0.4, -0.2) is 4.21 Å². The monoisotopic (exact) mass is 297 g/mol. The van der Waals surface area contributed by atoms with Crippen LogP contribution in [0.2, 0.25) is 0 Å². The molecule has 0 saturated heterocycles. The third-order valence-corrected chi connectivity index (χ3v) is 5.05. The topological polar surface area (TPSA) is 40.9 Å². The van der Waals surface area contributed by atoms with Gasteiger partial charge in [0.25, 0.3) is 0 Å². The summed E-state index contributed by atoms with van der Waals surface area (Å²) in [7, 11) is -1.10. The maximum atomic E-state index is 12.7. The summed E-state index contributed by atoms with van der Waals surface area (Å²) in [5.41, 5.74) is 4.41. The molecule has 0 radical (unpaired) electrons. The Hall–Kier alpha value is -1.92. The van der Waals surface area contributed by atoms with Gasteiger partial charge in [-0.05, 0) is 25.0 Å². The van der Waals surface area contributed by atoms with E-state index >= 15 is 0 Å². The van der Waals surface area contributed by atoms with Gasteiger partial charge in [0.15, 0.2) is 0 Å². The molecule has 2 aromatic rings. The standard InChI is InChI=1S/C18H19NOS/c1-14-10-15(2)12-16(11-14)13-21(20)18(8-9-19)17-6-4-3-5-7-17/h3-7,10-12,18H,8,13H2,1-2H3. The van der Waals surface area contributed by atoms with Crippen LogP contribution in [0.5, 0.6) is 0 Å². The van der Waals surface area contributed by atoms with Crippen molar-refractivity contribution in [3.8, 4) is 6.07 Å². The summed E-state index contributed by atoms with van der Waals surface area (Å²) in [6.45, 7) is 4.09.